The van der Waals surface area contributed by atoms with Gasteiger partial charge >= 0.3 is 0 Å². The van der Waals surface area contributed by atoms with Crippen molar-refractivity contribution in [2.24, 2.45) is 5.41 Å². The number of carbonyl (C=O) groups is 1. The molecule has 7 nitrogen and oxygen atoms in total. The molecule has 30 heavy (non-hydrogen) atoms. The minimum atomic E-state index is -3.89. The molecular weight excluding hydrogens is 404 g/mol. The number of anilines is 2. The van der Waals surface area contributed by atoms with Gasteiger partial charge in [-0.05, 0) is 70.0 Å². The molecule has 2 aromatic rings. The number of nitrogens with one attached hydrogen (secondary N) is 1. The molecule has 0 fully saturated rings. The lowest BCUT2D eigenvalue weighted by molar-refractivity contribution is -0.127. The Morgan fingerprint density at radius 3 is 2.47 bits per heavy atom. The van der Waals surface area contributed by atoms with Crippen LogP contribution in [0.2, 0.25) is 0 Å². The third kappa shape index (κ3) is 3.96. The lowest BCUT2D eigenvalue weighted by Crippen LogP contribution is -2.42. The third-order valence-corrected chi connectivity index (χ3v) is 6.70. The summed E-state index contributed by atoms with van der Waals surface area (Å²) in [5.41, 5.74) is 2.08. The second-order valence-electron chi connectivity index (χ2n) is 8.10. The molecule has 0 unspecified atom stereocenters. The smallest absolute Gasteiger partial charge is 0.265 e. The molecule has 0 atom stereocenters. The van der Waals surface area contributed by atoms with Gasteiger partial charge in [0.15, 0.2) is 0 Å². The largest absolute Gasteiger partial charge is 0.495 e. The summed E-state index contributed by atoms with van der Waals surface area (Å²) in [6.45, 7) is 10.0. The monoisotopic (exact) mass is 432 g/mol. The van der Waals surface area contributed by atoms with Gasteiger partial charge in [0.05, 0.1) is 23.9 Å². The fraction of sp³-hybridized carbons (Fsp3) is 0.409. The van der Waals surface area contributed by atoms with Crippen LogP contribution in [-0.4, -0.2) is 34.6 Å². The third-order valence-electron chi connectivity index (χ3n) is 5.30. The lowest BCUT2D eigenvalue weighted by Gasteiger charge is -2.26. The zero-order valence-electron chi connectivity index (χ0n) is 18.2. The molecule has 0 radical (unpaired) electrons. The highest BCUT2D eigenvalue weighted by Crippen LogP contribution is 2.39. The molecule has 0 bridgehead atoms. The Morgan fingerprint density at radius 1 is 1.17 bits per heavy atom. The number of hydrogen-bond donors (Lipinski definition) is 1. The van der Waals surface area contributed by atoms with Gasteiger partial charge in [-0.15, -0.1) is 0 Å². The van der Waals surface area contributed by atoms with Crippen LogP contribution in [0.1, 0.15) is 31.9 Å². The Hall–Kier alpha value is -2.74. The molecule has 1 aliphatic rings. The van der Waals surface area contributed by atoms with E-state index in [0.29, 0.717) is 23.7 Å². The van der Waals surface area contributed by atoms with Crippen LogP contribution in [0.4, 0.5) is 11.4 Å². The maximum absolute atomic E-state index is 13.1. The molecule has 2 aromatic carbocycles. The van der Waals surface area contributed by atoms with E-state index in [2.05, 4.69) is 4.72 Å². The van der Waals surface area contributed by atoms with Crippen molar-refractivity contribution in [1.82, 2.24) is 0 Å². The molecule has 3 rings (SSSR count). The fourth-order valence-electron chi connectivity index (χ4n) is 3.37. The van der Waals surface area contributed by atoms with E-state index in [1.165, 1.54) is 7.11 Å². The number of fused-ring (bicyclic) bond motifs is 1. The number of aryl methyl sites for hydroxylation is 2. The molecule has 0 aromatic heterocycles. The van der Waals surface area contributed by atoms with Crippen LogP contribution in [0, 0.1) is 19.3 Å². The SMILES string of the molecule is CCN1C(=O)C(C)(C)COc2cc(NS(=O)(=O)c3cc(C)c(C)cc3OC)ccc21. The predicted molar refractivity (Wildman–Crippen MR) is 117 cm³/mol. The number of hydrogen-bond acceptors (Lipinski definition) is 5. The summed E-state index contributed by atoms with van der Waals surface area (Å²) >= 11 is 0. The number of benzene rings is 2. The van der Waals surface area contributed by atoms with E-state index in [4.69, 9.17) is 9.47 Å². The van der Waals surface area contributed by atoms with E-state index in [9.17, 15) is 13.2 Å². The number of rotatable bonds is 5. The van der Waals surface area contributed by atoms with Crippen LogP contribution in [-0.2, 0) is 14.8 Å². The van der Waals surface area contributed by atoms with E-state index in [1.807, 2.05) is 34.6 Å². The average molecular weight is 433 g/mol. The summed E-state index contributed by atoms with van der Waals surface area (Å²) in [6.07, 6.45) is 0. The predicted octanol–water partition coefficient (Wildman–Crippen LogP) is 3.88. The maximum atomic E-state index is 13.1. The van der Waals surface area contributed by atoms with Crippen LogP contribution < -0.4 is 19.1 Å². The molecule has 0 saturated heterocycles. The van der Waals surface area contributed by atoms with E-state index in [1.54, 1.807) is 35.2 Å². The molecule has 1 heterocycles. The maximum Gasteiger partial charge on any atom is 0.265 e. The minimum absolute atomic E-state index is 0.0306. The Kier molecular flexibility index (Phi) is 5.73. The summed E-state index contributed by atoms with van der Waals surface area (Å²) in [5, 5.41) is 0. The quantitative estimate of drug-likeness (QED) is 0.775. The van der Waals surface area contributed by atoms with Gasteiger partial charge in [0.25, 0.3) is 10.0 Å². The van der Waals surface area contributed by atoms with Crippen LogP contribution in [0.25, 0.3) is 0 Å². The Morgan fingerprint density at radius 2 is 1.83 bits per heavy atom. The summed E-state index contributed by atoms with van der Waals surface area (Å²) in [4.78, 5) is 14.5. The summed E-state index contributed by atoms with van der Waals surface area (Å²) in [5.74, 6) is 0.709. The van der Waals surface area contributed by atoms with Gasteiger partial charge in [0.2, 0.25) is 5.91 Å². The molecule has 0 spiro atoms. The highest BCUT2D eigenvalue weighted by atomic mass is 32.2. The van der Waals surface area contributed by atoms with Gasteiger partial charge in [-0.1, -0.05) is 0 Å². The van der Waals surface area contributed by atoms with Crippen molar-refractivity contribution in [2.45, 2.75) is 39.5 Å². The number of methoxy groups -OCH3 is 1. The Balaban J connectivity index is 1.99. The highest BCUT2D eigenvalue weighted by Gasteiger charge is 2.37. The molecule has 162 valence electrons. The van der Waals surface area contributed by atoms with Crippen LogP contribution in [0.15, 0.2) is 35.2 Å². The molecule has 1 amide bonds. The second kappa shape index (κ2) is 7.83. The van der Waals surface area contributed by atoms with Gasteiger partial charge in [-0.3, -0.25) is 9.52 Å². The van der Waals surface area contributed by atoms with Gasteiger partial charge in [-0.2, -0.15) is 0 Å². The van der Waals surface area contributed by atoms with Gasteiger partial charge in [0.1, 0.15) is 23.0 Å². The minimum Gasteiger partial charge on any atom is -0.495 e. The molecule has 0 aliphatic carbocycles. The first-order valence-corrected chi connectivity index (χ1v) is 11.3. The van der Waals surface area contributed by atoms with Crippen molar-refractivity contribution in [2.75, 3.05) is 29.9 Å². The number of sulfonamides is 1. The summed E-state index contributed by atoms with van der Waals surface area (Å²) in [7, 11) is -2.45. The average Bonchev–Trinajstić information content (AvgIpc) is 2.78. The topological polar surface area (TPSA) is 84.9 Å². The van der Waals surface area contributed by atoms with Crippen molar-refractivity contribution in [1.29, 1.82) is 0 Å². The molecule has 8 heteroatoms. The van der Waals surface area contributed by atoms with Crippen molar-refractivity contribution in [3.8, 4) is 11.5 Å². The number of carbonyl (C=O) groups excluding carboxylic acids is 1. The van der Waals surface area contributed by atoms with Gasteiger partial charge in [0, 0.05) is 12.6 Å². The first-order chi connectivity index (χ1) is 14.0. The summed E-state index contributed by atoms with van der Waals surface area (Å²) < 4.78 is 39.9. The van der Waals surface area contributed by atoms with E-state index >= 15 is 0 Å². The lowest BCUT2D eigenvalue weighted by atomic mass is 9.93. The van der Waals surface area contributed by atoms with E-state index < -0.39 is 15.4 Å². The van der Waals surface area contributed by atoms with Crippen LogP contribution in [0.3, 0.4) is 0 Å². The number of amides is 1. The molecule has 1 aliphatic heterocycles. The molecule has 0 saturated carbocycles. The fourth-order valence-corrected chi connectivity index (χ4v) is 4.65. The zero-order chi connectivity index (χ0) is 22.3. The molecule has 1 N–H and O–H groups in total. The van der Waals surface area contributed by atoms with Gasteiger partial charge < -0.3 is 14.4 Å². The highest BCUT2D eigenvalue weighted by molar-refractivity contribution is 7.92. The van der Waals surface area contributed by atoms with Crippen LogP contribution in [0.5, 0.6) is 11.5 Å². The summed E-state index contributed by atoms with van der Waals surface area (Å²) in [6, 6.07) is 8.24. The first kappa shape index (κ1) is 22.0. The second-order valence-corrected chi connectivity index (χ2v) is 9.75. The van der Waals surface area contributed by atoms with Crippen molar-refractivity contribution >= 4 is 27.3 Å². The van der Waals surface area contributed by atoms with E-state index in [-0.39, 0.29) is 23.2 Å². The number of nitrogens with zero attached hydrogens (tertiary/aromatic N) is 1. The van der Waals surface area contributed by atoms with Crippen molar-refractivity contribution in [3.63, 3.8) is 0 Å². The standard InChI is InChI=1S/C22H28N2O5S/c1-7-24-17-9-8-16(12-18(17)29-13-22(4,5)21(24)25)23-30(26,27)20-11-15(3)14(2)10-19(20)28-6/h8-12,23H,7,13H2,1-6H3. The Labute approximate surface area is 178 Å². The first-order valence-electron chi connectivity index (χ1n) is 9.77. The van der Waals surface area contributed by atoms with Gasteiger partial charge in [-0.25, -0.2) is 8.42 Å². The Bertz CT molecular complexity index is 1090. The van der Waals surface area contributed by atoms with Crippen molar-refractivity contribution < 1.29 is 22.7 Å². The zero-order valence-corrected chi connectivity index (χ0v) is 19.0. The normalized spacial score (nSPS) is 15.8. The van der Waals surface area contributed by atoms with E-state index in [0.717, 1.165) is 11.1 Å². The van der Waals surface area contributed by atoms with Crippen molar-refractivity contribution in [3.05, 3.63) is 41.5 Å². The number of ether oxygens (including phenoxy) is 2. The molecular formula is C22H28N2O5S. The van der Waals surface area contributed by atoms with Crippen LogP contribution >= 0.6 is 0 Å².